The molecule has 6 nitrogen and oxygen atoms in total. The van der Waals surface area contributed by atoms with Crippen LogP contribution in [0.1, 0.15) is 32.7 Å². The van der Waals surface area contributed by atoms with E-state index in [2.05, 4.69) is 12.0 Å². The van der Waals surface area contributed by atoms with Crippen molar-refractivity contribution >= 4 is 27.7 Å². The molecule has 0 N–H and O–H groups in total. The van der Waals surface area contributed by atoms with Crippen LogP contribution in [-0.2, 0) is 11.8 Å². The summed E-state index contributed by atoms with van der Waals surface area (Å²) in [6, 6.07) is 7.41. The summed E-state index contributed by atoms with van der Waals surface area (Å²) in [5.74, 6) is 0.749. The van der Waals surface area contributed by atoms with Gasteiger partial charge in [-0.15, -0.1) is 0 Å². The Morgan fingerprint density at radius 1 is 1.19 bits per heavy atom. The summed E-state index contributed by atoms with van der Waals surface area (Å²) >= 11 is 0. The van der Waals surface area contributed by atoms with Gasteiger partial charge in [0, 0.05) is 30.9 Å². The summed E-state index contributed by atoms with van der Waals surface area (Å²) in [4.78, 5) is 27.9. The Kier molecular flexibility index (Phi) is 4.05. The van der Waals surface area contributed by atoms with Gasteiger partial charge < -0.3 is 9.47 Å². The van der Waals surface area contributed by atoms with Crippen molar-refractivity contribution in [1.29, 1.82) is 0 Å². The third-order valence-electron chi connectivity index (χ3n) is 5.65. The normalized spacial score (nSPS) is 17.1. The number of hydrogen-bond donors (Lipinski definition) is 0. The maximum atomic E-state index is 13.2. The van der Waals surface area contributed by atoms with Crippen molar-refractivity contribution in [2.24, 2.45) is 13.0 Å². The minimum absolute atomic E-state index is 0.0819. The monoisotopic (exact) mass is 352 g/mol. The molecule has 2 aromatic heterocycles. The van der Waals surface area contributed by atoms with E-state index in [9.17, 15) is 9.59 Å². The second-order valence-corrected chi connectivity index (χ2v) is 7.41. The molecule has 1 aromatic carbocycles. The number of carbonyl (C=O) groups excluding carboxylic acids is 1. The molecule has 4 rings (SSSR count). The fourth-order valence-electron chi connectivity index (χ4n) is 3.99. The number of carbonyl (C=O) groups is 1. The highest BCUT2D eigenvalue weighted by molar-refractivity contribution is 6.08. The highest BCUT2D eigenvalue weighted by Gasteiger charge is 2.28. The maximum absolute atomic E-state index is 13.2. The Labute approximate surface area is 152 Å². The number of likely N-dealkylation sites (tertiary alicyclic amines) is 1. The zero-order valence-corrected chi connectivity index (χ0v) is 15.5. The van der Waals surface area contributed by atoms with Crippen molar-refractivity contribution in [1.82, 2.24) is 19.2 Å². The van der Waals surface area contributed by atoms with Gasteiger partial charge in [-0.05, 0) is 31.7 Å². The lowest BCUT2D eigenvalue weighted by Gasteiger charge is -2.32. The molecule has 1 aliphatic heterocycles. The third-order valence-corrected chi connectivity index (χ3v) is 5.65. The van der Waals surface area contributed by atoms with E-state index in [-0.39, 0.29) is 11.5 Å². The molecular weight excluding hydrogens is 328 g/mol. The largest absolute Gasteiger partial charge is 0.341 e. The van der Waals surface area contributed by atoms with E-state index in [1.54, 1.807) is 13.2 Å². The number of amides is 1. The van der Waals surface area contributed by atoms with Crippen LogP contribution >= 0.6 is 0 Å². The van der Waals surface area contributed by atoms with E-state index in [1.165, 1.54) is 4.68 Å². The van der Waals surface area contributed by atoms with Crippen molar-refractivity contribution in [2.75, 3.05) is 13.1 Å². The molecule has 1 aliphatic rings. The molecule has 136 valence electrons. The van der Waals surface area contributed by atoms with E-state index < -0.39 is 6.04 Å². The van der Waals surface area contributed by atoms with Crippen LogP contribution in [-0.4, -0.2) is 38.2 Å². The summed E-state index contributed by atoms with van der Waals surface area (Å²) < 4.78 is 3.23. The molecule has 3 heterocycles. The molecular formula is C20H24N4O2. The Morgan fingerprint density at radius 3 is 2.62 bits per heavy atom. The summed E-state index contributed by atoms with van der Waals surface area (Å²) in [6.45, 7) is 5.71. The average Bonchev–Trinajstić information content (AvgIpc) is 2.99. The number of piperidine rings is 1. The molecule has 0 radical (unpaired) electrons. The predicted molar refractivity (Wildman–Crippen MR) is 102 cm³/mol. The highest BCUT2D eigenvalue weighted by Crippen LogP contribution is 2.30. The molecule has 26 heavy (non-hydrogen) atoms. The van der Waals surface area contributed by atoms with Gasteiger partial charge in [-0.25, -0.2) is 4.68 Å². The van der Waals surface area contributed by atoms with Gasteiger partial charge in [-0.1, -0.05) is 25.1 Å². The van der Waals surface area contributed by atoms with Crippen molar-refractivity contribution in [3.63, 3.8) is 0 Å². The van der Waals surface area contributed by atoms with E-state index in [1.807, 2.05) is 40.7 Å². The van der Waals surface area contributed by atoms with Crippen LogP contribution in [0.15, 0.2) is 35.3 Å². The molecule has 1 saturated heterocycles. The molecule has 0 spiro atoms. The topological polar surface area (TPSA) is 60.1 Å². The SMILES string of the molecule is CC1CCN(C(=O)[C@H](C)n2c3ccccc3c3cnn(C)c(=O)c32)CC1. The Hall–Kier alpha value is -2.63. The van der Waals surface area contributed by atoms with Crippen LogP contribution in [0, 0.1) is 5.92 Å². The zero-order chi connectivity index (χ0) is 18.4. The fourth-order valence-corrected chi connectivity index (χ4v) is 3.99. The van der Waals surface area contributed by atoms with E-state index in [4.69, 9.17) is 0 Å². The first-order valence-corrected chi connectivity index (χ1v) is 9.22. The Bertz CT molecular complexity index is 1040. The first-order valence-electron chi connectivity index (χ1n) is 9.22. The van der Waals surface area contributed by atoms with Crippen molar-refractivity contribution < 1.29 is 4.79 Å². The maximum Gasteiger partial charge on any atom is 0.291 e. The zero-order valence-electron chi connectivity index (χ0n) is 15.5. The smallest absolute Gasteiger partial charge is 0.291 e. The standard InChI is InChI=1S/C20H24N4O2/c1-13-8-10-23(11-9-13)19(25)14(2)24-17-7-5-4-6-15(17)16-12-21-22(3)20(26)18(16)24/h4-7,12-14H,8-11H2,1-3H3/t14-/m0/s1. The number of aryl methyl sites for hydroxylation is 1. The number of para-hydroxylation sites is 1. The van der Waals surface area contributed by atoms with E-state index >= 15 is 0 Å². The molecule has 0 saturated carbocycles. The van der Waals surface area contributed by atoms with Crippen LogP contribution in [0.4, 0.5) is 0 Å². The lowest BCUT2D eigenvalue weighted by Crippen LogP contribution is -2.41. The molecule has 1 fully saturated rings. The first kappa shape index (κ1) is 16.8. The minimum atomic E-state index is -0.430. The Balaban J connectivity index is 1.88. The number of aromatic nitrogens is 3. The van der Waals surface area contributed by atoms with Crippen LogP contribution in [0.3, 0.4) is 0 Å². The van der Waals surface area contributed by atoms with Crippen molar-refractivity contribution in [3.8, 4) is 0 Å². The lowest BCUT2D eigenvalue weighted by atomic mass is 9.99. The molecule has 6 heteroatoms. The van der Waals surface area contributed by atoms with Gasteiger partial charge in [0.25, 0.3) is 5.56 Å². The van der Waals surface area contributed by atoms with Crippen LogP contribution in [0.2, 0.25) is 0 Å². The Morgan fingerprint density at radius 2 is 1.88 bits per heavy atom. The van der Waals surface area contributed by atoms with Gasteiger partial charge >= 0.3 is 0 Å². The summed E-state index contributed by atoms with van der Waals surface area (Å²) in [7, 11) is 1.64. The molecule has 3 aromatic rings. The molecule has 0 unspecified atom stereocenters. The van der Waals surface area contributed by atoms with Gasteiger partial charge in [-0.2, -0.15) is 5.10 Å². The number of hydrogen-bond acceptors (Lipinski definition) is 3. The van der Waals surface area contributed by atoms with E-state index in [0.717, 1.165) is 42.2 Å². The van der Waals surface area contributed by atoms with Crippen molar-refractivity contribution in [3.05, 3.63) is 40.8 Å². The van der Waals surface area contributed by atoms with E-state index in [0.29, 0.717) is 11.4 Å². The molecule has 0 bridgehead atoms. The predicted octanol–water partition coefficient (Wildman–Crippen LogP) is 2.71. The number of fused-ring (bicyclic) bond motifs is 3. The average molecular weight is 352 g/mol. The summed E-state index contributed by atoms with van der Waals surface area (Å²) in [5.41, 5.74) is 1.28. The second-order valence-electron chi connectivity index (χ2n) is 7.41. The minimum Gasteiger partial charge on any atom is -0.341 e. The number of nitrogens with zero attached hydrogens (tertiary/aromatic N) is 4. The van der Waals surface area contributed by atoms with Gasteiger partial charge in [0.15, 0.2) is 0 Å². The highest BCUT2D eigenvalue weighted by atomic mass is 16.2. The lowest BCUT2D eigenvalue weighted by molar-refractivity contribution is -0.135. The second kappa shape index (κ2) is 6.27. The van der Waals surface area contributed by atoms with Crippen LogP contribution in [0.25, 0.3) is 21.8 Å². The molecule has 1 amide bonds. The van der Waals surface area contributed by atoms with Crippen LogP contribution in [0.5, 0.6) is 0 Å². The number of rotatable bonds is 2. The van der Waals surface area contributed by atoms with Gasteiger partial charge in [0.1, 0.15) is 11.6 Å². The molecule has 1 atom stereocenters. The summed E-state index contributed by atoms with van der Waals surface area (Å²) in [6.07, 6.45) is 3.80. The number of benzene rings is 1. The summed E-state index contributed by atoms with van der Waals surface area (Å²) in [5, 5.41) is 5.93. The molecule has 0 aliphatic carbocycles. The van der Waals surface area contributed by atoms with Gasteiger partial charge in [0.05, 0.1) is 11.7 Å². The van der Waals surface area contributed by atoms with Gasteiger partial charge in [0.2, 0.25) is 5.91 Å². The quantitative estimate of drug-likeness (QED) is 0.712. The fraction of sp³-hybridized carbons (Fsp3) is 0.450. The van der Waals surface area contributed by atoms with Gasteiger partial charge in [-0.3, -0.25) is 9.59 Å². The first-order chi connectivity index (χ1) is 12.5. The van der Waals surface area contributed by atoms with Crippen molar-refractivity contribution in [2.45, 2.75) is 32.7 Å². The third kappa shape index (κ3) is 2.52. The van der Waals surface area contributed by atoms with Crippen LogP contribution < -0.4 is 5.56 Å².